The predicted octanol–water partition coefficient (Wildman–Crippen LogP) is 1.78. The fraction of sp³-hybridized carbons (Fsp3) is 0.538. The van der Waals surface area contributed by atoms with Gasteiger partial charge in [-0.2, -0.15) is 0 Å². The van der Waals surface area contributed by atoms with E-state index >= 15 is 0 Å². The lowest BCUT2D eigenvalue weighted by molar-refractivity contribution is 0.225. The second-order valence-electron chi connectivity index (χ2n) is 4.08. The van der Waals surface area contributed by atoms with E-state index in [-0.39, 0.29) is 6.61 Å². The zero-order chi connectivity index (χ0) is 12.0. The summed E-state index contributed by atoms with van der Waals surface area (Å²) in [6.07, 6.45) is 0.829. The lowest BCUT2D eigenvalue weighted by Gasteiger charge is -2.21. The Hall–Kier alpha value is -1.06. The number of aliphatic hydroxyl groups excluding tert-OH is 1. The fourth-order valence-electron chi connectivity index (χ4n) is 1.76. The van der Waals surface area contributed by atoms with E-state index in [1.54, 1.807) is 0 Å². The second kappa shape index (κ2) is 6.51. The summed E-state index contributed by atoms with van der Waals surface area (Å²) in [5.41, 5.74) is 9.19. The maximum absolute atomic E-state index is 8.83. The minimum atomic E-state index is 0.256. The Morgan fingerprint density at radius 3 is 2.75 bits per heavy atom. The molecule has 0 aromatic heterocycles. The molecule has 0 atom stereocenters. The molecule has 0 fully saturated rings. The predicted molar refractivity (Wildman–Crippen MR) is 68.2 cm³/mol. The van der Waals surface area contributed by atoms with E-state index in [2.05, 4.69) is 24.8 Å². The minimum Gasteiger partial charge on any atom is -0.399 e. The third kappa shape index (κ3) is 3.51. The van der Waals surface area contributed by atoms with Gasteiger partial charge in [-0.3, -0.25) is 4.90 Å². The summed E-state index contributed by atoms with van der Waals surface area (Å²) in [4.78, 5) is 2.32. The van der Waals surface area contributed by atoms with Crippen molar-refractivity contribution < 1.29 is 5.11 Å². The molecule has 0 bridgehead atoms. The van der Waals surface area contributed by atoms with Crippen LogP contribution in [0.2, 0.25) is 0 Å². The Bertz CT molecular complexity index is 326. The summed E-state index contributed by atoms with van der Waals surface area (Å²) in [5, 5.41) is 8.83. The number of nitrogens with two attached hydrogens (primary N) is 1. The van der Waals surface area contributed by atoms with Gasteiger partial charge in [0.15, 0.2) is 0 Å². The van der Waals surface area contributed by atoms with E-state index in [9.17, 15) is 0 Å². The van der Waals surface area contributed by atoms with Crippen LogP contribution in [0.5, 0.6) is 0 Å². The number of anilines is 1. The van der Waals surface area contributed by atoms with E-state index in [0.29, 0.717) is 0 Å². The molecule has 0 radical (unpaired) electrons. The number of rotatable bonds is 6. The Labute approximate surface area is 97.9 Å². The molecule has 0 saturated carbocycles. The highest BCUT2D eigenvalue weighted by Crippen LogP contribution is 2.17. The van der Waals surface area contributed by atoms with Crippen LogP contribution >= 0.6 is 0 Å². The molecule has 0 heterocycles. The van der Waals surface area contributed by atoms with Crippen LogP contribution in [0.25, 0.3) is 0 Å². The van der Waals surface area contributed by atoms with Crippen LogP contribution in [-0.2, 0) is 6.54 Å². The van der Waals surface area contributed by atoms with Crippen molar-refractivity contribution in [3.8, 4) is 0 Å². The highest BCUT2D eigenvalue weighted by atomic mass is 16.3. The highest BCUT2D eigenvalue weighted by Gasteiger charge is 2.06. The molecule has 0 aliphatic rings. The quantitative estimate of drug-likeness (QED) is 0.721. The van der Waals surface area contributed by atoms with Gasteiger partial charge in [-0.15, -0.1) is 0 Å². The normalized spacial score (nSPS) is 11.0. The van der Waals surface area contributed by atoms with Crippen molar-refractivity contribution in [3.05, 3.63) is 29.3 Å². The summed E-state index contributed by atoms with van der Waals surface area (Å²) in [6, 6.07) is 6.05. The van der Waals surface area contributed by atoms with Gasteiger partial charge < -0.3 is 10.8 Å². The number of aliphatic hydroxyl groups is 1. The van der Waals surface area contributed by atoms with Gasteiger partial charge in [0.1, 0.15) is 0 Å². The standard InChI is InChI=1S/C13H22N2O/c1-3-15(8-5-9-16)10-12-6-4-7-13(14)11(12)2/h4,6-7,16H,3,5,8-10,14H2,1-2H3. The van der Waals surface area contributed by atoms with Gasteiger partial charge in [0.2, 0.25) is 0 Å². The lowest BCUT2D eigenvalue weighted by atomic mass is 10.1. The third-order valence-electron chi connectivity index (χ3n) is 2.96. The molecule has 3 nitrogen and oxygen atoms in total. The van der Waals surface area contributed by atoms with E-state index in [1.165, 1.54) is 11.1 Å². The summed E-state index contributed by atoms with van der Waals surface area (Å²) in [7, 11) is 0. The molecule has 0 aliphatic heterocycles. The van der Waals surface area contributed by atoms with Crippen LogP contribution in [0, 0.1) is 6.92 Å². The maximum atomic E-state index is 8.83. The average molecular weight is 222 g/mol. The van der Waals surface area contributed by atoms with Gasteiger partial charge in [0.05, 0.1) is 0 Å². The van der Waals surface area contributed by atoms with Crippen molar-refractivity contribution in [2.45, 2.75) is 26.8 Å². The van der Waals surface area contributed by atoms with E-state index in [4.69, 9.17) is 10.8 Å². The van der Waals surface area contributed by atoms with Crippen LogP contribution in [-0.4, -0.2) is 29.7 Å². The lowest BCUT2D eigenvalue weighted by Crippen LogP contribution is -2.25. The van der Waals surface area contributed by atoms with Crippen molar-refractivity contribution in [1.29, 1.82) is 0 Å². The first-order chi connectivity index (χ1) is 7.69. The minimum absolute atomic E-state index is 0.256. The van der Waals surface area contributed by atoms with Crippen molar-refractivity contribution in [1.82, 2.24) is 4.90 Å². The summed E-state index contributed by atoms with van der Waals surface area (Å²) in [6.45, 7) is 7.29. The fourth-order valence-corrected chi connectivity index (χ4v) is 1.76. The van der Waals surface area contributed by atoms with Crippen molar-refractivity contribution in [3.63, 3.8) is 0 Å². The number of hydrogen-bond donors (Lipinski definition) is 2. The molecular formula is C13H22N2O. The largest absolute Gasteiger partial charge is 0.399 e. The molecule has 1 rings (SSSR count). The van der Waals surface area contributed by atoms with Crippen molar-refractivity contribution in [2.75, 3.05) is 25.4 Å². The highest BCUT2D eigenvalue weighted by molar-refractivity contribution is 5.49. The van der Waals surface area contributed by atoms with Gasteiger partial charge in [-0.05, 0) is 37.1 Å². The number of nitrogens with zero attached hydrogens (tertiary/aromatic N) is 1. The molecule has 0 spiro atoms. The van der Waals surface area contributed by atoms with Gasteiger partial charge in [0.25, 0.3) is 0 Å². The summed E-state index contributed by atoms with van der Waals surface area (Å²) in [5.74, 6) is 0. The monoisotopic (exact) mass is 222 g/mol. The number of hydrogen-bond acceptors (Lipinski definition) is 3. The smallest absolute Gasteiger partial charge is 0.0443 e. The molecule has 3 N–H and O–H groups in total. The van der Waals surface area contributed by atoms with Crippen LogP contribution in [0.4, 0.5) is 5.69 Å². The van der Waals surface area contributed by atoms with E-state index in [1.807, 2.05) is 12.1 Å². The van der Waals surface area contributed by atoms with Crippen LogP contribution < -0.4 is 5.73 Å². The first-order valence-corrected chi connectivity index (χ1v) is 5.86. The van der Waals surface area contributed by atoms with Gasteiger partial charge >= 0.3 is 0 Å². The van der Waals surface area contributed by atoms with Crippen LogP contribution in [0.15, 0.2) is 18.2 Å². The molecule has 0 saturated heterocycles. The molecule has 0 unspecified atom stereocenters. The molecular weight excluding hydrogens is 200 g/mol. The molecule has 1 aromatic carbocycles. The summed E-state index contributed by atoms with van der Waals surface area (Å²) < 4.78 is 0. The number of benzene rings is 1. The average Bonchev–Trinajstić information content (AvgIpc) is 2.30. The Morgan fingerprint density at radius 2 is 2.12 bits per heavy atom. The molecule has 1 aromatic rings. The molecule has 0 aliphatic carbocycles. The molecule has 3 heteroatoms. The number of nitrogen functional groups attached to an aromatic ring is 1. The van der Waals surface area contributed by atoms with Crippen molar-refractivity contribution in [2.24, 2.45) is 0 Å². The topological polar surface area (TPSA) is 49.5 Å². The van der Waals surface area contributed by atoms with Crippen molar-refractivity contribution >= 4 is 5.69 Å². The third-order valence-corrected chi connectivity index (χ3v) is 2.96. The molecule has 90 valence electrons. The van der Waals surface area contributed by atoms with Crippen LogP contribution in [0.1, 0.15) is 24.5 Å². The first-order valence-electron chi connectivity index (χ1n) is 5.86. The molecule has 0 amide bonds. The zero-order valence-electron chi connectivity index (χ0n) is 10.2. The van der Waals surface area contributed by atoms with Gasteiger partial charge in [-0.25, -0.2) is 0 Å². The first kappa shape index (κ1) is 13.0. The zero-order valence-corrected chi connectivity index (χ0v) is 10.2. The Morgan fingerprint density at radius 1 is 1.38 bits per heavy atom. The van der Waals surface area contributed by atoms with Gasteiger partial charge in [-0.1, -0.05) is 19.1 Å². The Kier molecular flexibility index (Phi) is 5.29. The van der Waals surface area contributed by atoms with Crippen LogP contribution in [0.3, 0.4) is 0 Å². The summed E-state index contributed by atoms with van der Waals surface area (Å²) >= 11 is 0. The van der Waals surface area contributed by atoms with E-state index < -0.39 is 0 Å². The van der Waals surface area contributed by atoms with E-state index in [0.717, 1.165) is 31.7 Å². The molecule has 16 heavy (non-hydrogen) atoms. The van der Waals surface area contributed by atoms with Gasteiger partial charge in [0, 0.05) is 25.4 Å². The SMILES string of the molecule is CCN(CCCO)Cc1cccc(N)c1C. The Balaban J connectivity index is 2.66. The maximum Gasteiger partial charge on any atom is 0.0443 e. The second-order valence-corrected chi connectivity index (χ2v) is 4.08.